The van der Waals surface area contributed by atoms with Gasteiger partial charge in [-0.3, -0.25) is 0 Å². The molecular formula is C22H32O3. The molecule has 0 heterocycles. The predicted molar refractivity (Wildman–Crippen MR) is 101 cm³/mol. The molecule has 0 spiro atoms. The van der Waals surface area contributed by atoms with Crippen molar-refractivity contribution in [3.8, 4) is 0 Å². The first-order chi connectivity index (χ1) is 12.0. The van der Waals surface area contributed by atoms with Crippen LogP contribution in [0.4, 0.5) is 0 Å². The summed E-state index contributed by atoms with van der Waals surface area (Å²) in [6.07, 6.45) is 8.41. The van der Waals surface area contributed by atoms with Gasteiger partial charge in [-0.05, 0) is 61.1 Å². The van der Waals surface area contributed by atoms with Crippen LogP contribution in [0.15, 0.2) is 30.4 Å². The lowest BCUT2D eigenvalue weighted by molar-refractivity contribution is -0.138. The van der Waals surface area contributed by atoms with E-state index in [2.05, 4.69) is 25.6 Å². The van der Waals surface area contributed by atoms with Crippen molar-refractivity contribution >= 4 is 5.97 Å². The molecule has 1 aromatic rings. The summed E-state index contributed by atoms with van der Waals surface area (Å²) in [5.41, 5.74) is 3.93. The first-order valence-corrected chi connectivity index (χ1v) is 9.60. The number of hydrogen-bond donors (Lipinski definition) is 1. The Labute approximate surface area is 152 Å². The molecule has 2 rings (SSSR count). The number of aliphatic hydroxyl groups is 1. The Kier molecular flexibility index (Phi) is 7.70. The highest BCUT2D eigenvalue weighted by Crippen LogP contribution is 2.39. The molecule has 1 fully saturated rings. The summed E-state index contributed by atoms with van der Waals surface area (Å²) < 4.78 is 5.27. The first kappa shape index (κ1) is 19.7. The highest BCUT2D eigenvalue weighted by Gasteiger charge is 2.23. The summed E-state index contributed by atoms with van der Waals surface area (Å²) in [6.45, 7) is 7.95. The second kappa shape index (κ2) is 9.76. The van der Waals surface area contributed by atoms with Crippen molar-refractivity contribution in [3.05, 3.63) is 47.0 Å². The smallest absolute Gasteiger partial charge is 0.333 e. The van der Waals surface area contributed by atoms with E-state index in [1.165, 1.54) is 49.7 Å². The number of ether oxygens (including phenoxy) is 1. The van der Waals surface area contributed by atoms with Gasteiger partial charge in [0.15, 0.2) is 0 Å². The molecule has 138 valence electrons. The normalized spacial score (nSPS) is 20.3. The van der Waals surface area contributed by atoms with Crippen LogP contribution in [0.2, 0.25) is 0 Å². The average Bonchev–Trinajstić information content (AvgIpc) is 2.62. The molecule has 0 unspecified atom stereocenters. The Morgan fingerprint density at radius 2 is 2.00 bits per heavy atom. The summed E-state index contributed by atoms with van der Waals surface area (Å²) in [5, 5.41) is 9.45. The van der Waals surface area contributed by atoms with Crippen molar-refractivity contribution in [2.24, 2.45) is 5.92 Å². The molecule has 1 saturated carbocycles. The minimum Gasteiger partial charge on any atom is -0.462 e. The van der Waals surface area contributed by atoms with E-state index in [0.717, 1.165) is 11.5 Å². The van der Waals surface area contributed by atoms with E-state index >= 15 is 0 Å². The summed E-state index contributed by atoms with van der Waals surface area (Å²) in [4.78, 5) is 11.6. The molecule has 0 atom stereocenters. The molecule has 0 amide bonds. The molecule has 0 saturated heterocycles. The van der Waals surface area contributed by atoms with Crippen molar-refractivity contribution in [3.63, 3.8) is 0 Å². The van der Waals surface area contributed by atoms with E-state index < -0.39 is 0 Å². The maximum atomic E-state index is 11.6. The summed E-state index contributed by atoms with van der Waals surface area (Å²) in [7, 11) is 0. The largest absolute Gasteiger partial charge is 0.462 e. The van der Waals surface area contributed by atoms with Crippen molar-refractivity contribution in [1.29, 1.82) is 0 Å². The predicted octanol–water partition coefficient (Wildman–Crippen LogP) is 4.91. The van der Waals surface area contributed by atoms with E-state index in [1.807, 2.05) is 6.07 Å². The van der Waals surface area contributed by atoms with E-state index in [0.29, 0.717) is 24.5 Å². The number of benzene rings is 1. The van der Waals surface area contributed by atoms with Gasteiger partial charge in [-0.1, -0.05) is 44.5 Å². The first-order valence-electron chi connectivity index (χ1n) is 9.60. The number of carbonyl (C=O) groups is 1. The van der Waals surface area contributed by atoms with Gasteiger partial charge in [0.1, 0.15) is 0 Å². The number of aliphatic hydroxyl groups excluding tert-OH is 1. The van der Waals surface area contributed by atoms with Crippen molar-refractivity contribution < 1.29 is 14.6 Å². The minimum absolute atomic E-state index is 0.0437. The number of carbonyl (C=O) groups excluding carboxylic acids is 1. The van der Waals surface area contributed by atoms with E-state index in [9.17, 15) is 9.90 Å². The van der Waals surface area contributed by atoms with E-state index in [4.69, 9.17) is 4.74 Å². The Morgan fingerprint density at radius 3 is 2.60 bits per heavy atom. The van der Waals surface area contributed by atoms with Gasteiger partial charge in [0.2, 0.25) is 0 Å². The molecule has 1 aliphatic rings. The van der Waals surface area contributed by atoms with Crippen LogP contribution < -0.4 is 0 Å². The van der Waals surface area contributed by atoms with Gasteiger partial charge in [-0.25, -0.2) is 4.79 Å². The van der Waals surface area contributed by atoms with Crippen molar-refractivity contribution in [2.45, 2.75) is 71.3 Å². The second-order valence-electron chi connectivity index (χ2n) is 7.36. The van der Waals surface area contributed by atoms with Crippen LogP contribution >= 0.6 is 0 Å². The van der Waals surface area contributed by atoms with Gasteiger partial charge in [0.25, 0.3) is 0 Å². The number of hydrogen-bond acceptors (Lipinski definition) is 3. The third-order valence-corrected chi connectivity index (χ3v) is 5.33. The quantitative estimate of drug-likeness (QED) is 0.538. The van der Waals surface area contributed by atoms with Gasteiger partial charge in [-0.2, -0.15) is 0 Å². The molecular weight excluding hydrogens is 312 g/mol. The monoisotopic (exact) mass is 344 g/mol. The lowest BCUT2D eigenvalue weighted by atomic mass is 9.76. The maximum absolute atomic E-state index is 11.6. The SMILES string of the molecule is C=C(C)C(=O)OCCc1cc(CO)ccc1C1CCC(CCC)CC1. The molecule has 0 aromatic heterocycles. The molecule has 1 aromatic carbocycles. The molecule has 25 heavy (non-hydrogen) atoms. The van der Waals surface area contributed by atoms with Crippen LogP contribution in [0.5, 0.6) is 0 Å². The van der Waals surface area contributed by atoms with Gasteiger partial charge >= 0.3 is 5.97 Å². The van der Waals surface area contributed by atoms with Crippen molar-refractivity contribution in [2.75, 3.05) is 6.61 Å². The third kappa shape index (κ3) is 5.71. The van der Waals surface area contributed by atoms with Crippen LogP contribution in [0.3, 0.4) is 0 Å². The average molecular weight is 344 g/mol. The zero-order chi connectivity index (χ0) is 18.2. The highest BCUT2D eigenvalue weighted by atomic mass is 16.5. The molecule has 3 heteroatoms. The molecule has 0 bridgehead atoms. The molecule has 0 radical (unpaired) electrons. The Morgan fingerprint density at radius 1 is 1.28 bits per heavy atom. The standard InChI is InChI=1S/C22H32O3/c1-4-5-17-6-9-19(10-7-17)21-11-8-18(15-23)14-20(21)12-13-25-22(24)16(2)3/h8,11,14,17,19,23H,2,4-7,9-10,12-13,15H2,1,3H3. The fourth-order valence-electron chi connectivity index (χ4n) is 3.92. The summed E-state index contributed by atoms with van der Waals surface area (Å²) in [6, 6.07) is 6.27. The Balaban J connectivity index is 2.04. The van der Waals surface area contributed by atoms with Crippen LogP contribution in [0.1, 0.15) is 75.0 Å². The fourth-order valence-corrected chi connectivity index (χ4v) is 3.92. The second-order valence-corrected chi connectivity index (χ2v) is 7.36. The van der Waals surface area contributed by atoms with Gasteiger partial charge in [-0.15, -0.1) is 0 Å². The topological polar surface area (TPSA) is 46.5 Å². The number of rotatable bonds is 8. The summed E-state index contributed by atoms with van der Waals surface area (Å²) in [5.74, 6) is 1.14. The summed E-state index contributed by atoms with van der Waals surface area (Å²) >= 11 is 0. The Bertz CT molecular complexity index is 583. The minimum atomic E-state index is -0.333. The maximum Gasteiger partial charge on any atom is 0.333 e. The van der Waals surface area contributed by atoms with E-state index in [1.54, 1.807) is 6.92 Å². The third-order valence-electron chi connectivity index (χ3n) is 5.33. The lowest BCUT2D eigenvalue weighted by Gasteiger charge is -2.30. The highest BCUT2D eigenvalue weighted by molar-refractivity contribution is 5.86. The van der Waals surface area contributed by atoms with Gasteiger partial charge in [0, 0.05) is 12.0 Å². The van der Waals surface area contributed by atoms with Crippen molar-refractivity contribution in [1.82, 2.24) is 0 Å². The Hall–Kier alpha value is -1.61. The van der Waals surface area contributed by atoms with Crippen LogP contribution in [-0.2, 0) is 22.6 Å². The molecule has 3 nitrogen and oxygen atoms in total. The van der Waals surface area contributed by atoms with E-state index in [-0.39, 0.29) is 12.6 Å². The fraction of sp³-hybridized carbons (Fsp3) is 0.591. The lowest BCUT2D eigenvalue weighted by Crippen LogP contribution is -2.16. The molecule has 0 aliphatic heterocycles. The van der Waals surface area contributed by atoms with Crippen LogP contribution in [0, 0.1) is 5.92 Å². The van der Waals surface area contributed by atoms with Crippen LogP contribution in [0.25, 0.3) is 0 Å². The number of esters is 1. The molecule has 1 aliphatic carbocycles. The zero-order valence-electron chi connectivity index (χ0n) is 15.7. The van der Waals surface area contributed by atoms with Gasteiger partial charge in [0.05, 0.1) is 13.2 Å². The van der Waals surface area contributed by atoms with Crippen LogP contribution in [-0.4, -0.2) is 17.7 Å². The zero-order valence-corrected chi connectivity index (χ0v) is 15.7. The van der Waals surface area contributed by atoms with Gasteiger partial charge < -0.3 is 9.84 Å². The molecule has 1 N–H and O–H groups in total.